The van der Waals surface area contributed by atoms with Crippen molar-refractivity contribution in [2.45, 2.75) is 25.4 Å². The fraction of sp³-hybridized carbons (Fsp3) is 0.182. The summed E-state index contributed by atoms with van der Waals surface area (Å²) in [6.45, 7) is 4.11. The Kier molecular flexibility index (Phi) is 6.43. The van der Waals surface area contributed by atoms with Gasteiger partial charge < -0.3 is 5.32 Å². The molecule has 0 spiro atoms. The second-order valence-electron chi connectivity index (χ2n) is 6.99. The maximum absolute atomic E-state index is 13.8. The van der Waals surface area contributed by atoms with Crippen LogP contribution in [0.15, 0.2) is 60.1 Å². The van der Waals surface area contributed by atoms with Crippen molar-refractivity contribution < 1.29 is 9.18 Å². The van der Waals surface area contributed by atoms with Gasteiger partial charge in [0.1, 0.15) is 12.1 Å². The van der Waals surface area contributed by atoms with Crippen molar-refractivity contribution in [2.24, 2.45) is 0 Å². The molecule has 0 bridgehead atoms. The lowest BCUT2D eigenvalue weighted by Crippen LogP contribution is -2.14. The van der Waals surface area contributed by atoms with Gasteiger partial charge in [0.15, 0.2) is 10.3 Å². The molecule has 0 aliphatic heterocycles. The fourth-order valence-corrected chi connectivity index (χ4v) is 4.52. The van der Waals surface area contributed by atoms with Crippen molar-refractivity contribution in [3.8, 4) is 5.69 Å². The van der Waals surface area contributed by atoms with Crippen molar-refractivity contribution in [2.75, 3.05) is 11.1 Å². The van der Waals surface area contributed by atoms with E-state index >= 15 is 0 Å². The number of halogens is 1. The molecule has 1 amide bonds. The third-order valence-corrected chi connectivity index (χ3v) is 6.60. The molecule has 31 heavy (non-hydrogen) atoms. The van der Waals surface area contributed by atoms with Crippen molar-refractivity contribution in [3.63, 3.8) is 0 Å². The van der Waals surface area contributed by atoms with Crippen LogP contribution < -0.4 is 5.32 Å². The molecule has 0 fully saturated rings. The van der Waals surface area contributed by atoms with Gasteiger partial charge in [-0.3, -0.25) is 9.36 Å². The Morgan fingerprint density at radius 3 is 2.84 bits per heavy atom. The van der Waals surface area contributed by atoms with Crippen LogP contribution in [0, 0.1) is 19.7 Å². The molecule has 4 aromatic rings. The van der Waals surface area contributed by atoms with Gasteiger partial charge in [-0.15, -0.1) is 21.5 Å². The third kappa shape index (κ3) is 5.18. The summed E-state index contributed by atoms with van der Waals surface area (Å²) in [5.74, 6) is -0.261. The fourth-order valence-electron chi connectivity index (χ4n) is 2.94. The van der Waals surface area contributed by atoms with Crippen LogP contribution >= 0.6 is 23.1 Å². The average Bonchev–Trinajstić information content (AvgIpc) is 3.40. The SMILES string of the molecule is Cc1ccc(-n2cnnc2SCC(=O)Nc2ncc(Cc3ccccc3F)s2)cc1C. The van der Waals surface area contributed by atoms with Gasteiger partial charge in [0, 0.05) is 23.2 Å². The number of hydrogen-bond acceptors (Lipinski definition) is 6. The summed E-state index contributed by atoms with van der Waals surface area (Å²) in [4.78, 5) is 17.5. The van der Waals surface area contributed by atoms with Gasteiger partial charge in [-0.05, 0) is 48.7 Å². The number of nitrogens with one attached hydrogen (secondary N) is 1. The minimum atomic E-state index is -0.245. The Balaban J connectivity index is 1.35. The number of anilines is 1. The van der Waals surface area contributed by atoms with Crippen LogP contribution in [-0.2, 0) is 11.2 Å². The van der Waals surface area contributed by atoms with Gasteiger partial charge in [-0.1, -0.05) is 36.0 Å². The van der Waals surface area contributed by atoms with E-state index in [2.05, 4.69) is 40.4 Å². The van der Waals surface area contributed by atoms with Crippen LogP contribution in [0.5, 0.6) is 0 Å². The van der Waals surface area contributed by atoms with Crippen molar-refractivity contribution in [1.29, 1.82) is 0 Å². The van der Waals surface area contributed by atoms with Gasteiger partial charge >= 0.3 is 0 Å². The summed E-state index contributed by atoms with van der Waals surface area (Å²) < 4.78 is 15.7. The van der Waals surface area contributed by atoms with Gasteiger partial charge in [0.05, 0.1) is 5.75 Å². The van der Waals surface area contributed by atoms with Crippen molar-refractivity contribution >= 4 is 34.1 Å². The molecule has 2 aromatic carbocycles. The second-order valence-corrected chi connectivity index (χ2v) is 9.05. The van der Waals surface area contributed by atoms with Crippen molar-refractivity contribution in [1.82, 2.24) is 19.7 Å². The van der Waals surface area contributed by atoms with E-state index < -0.39 is 0 Å². The van der Waals surface area contributed by atoms with Crippen LogP contribution in [0.3, 0.4) is 0 Å². The summed E-state index contributed by atoms with van der Waals surface area (Å²) in [6, 6.07) is 12.8. The predicted molar refractivity (Wildman–Crippen MR) is 122 cm³/mol. The highest BCUT2D eigenvalue weighted by Gasteiger charge is 2.13. The highest BCUT2D eigenvalue weighted by atomic mass is 32.2. The molecule has 2 aromatic heterocycles. The lowest BCUT2D eigenvalue weighted by molar-refractivity contribution is -0.113. The lowest BCUT2D eigenvalue weighted by atomic mass is 10.1. The number of thioether (sulfide) groups is 1. The van der Waals surface area contributed by atoms with Gasteiger partial charge in [-0.25, -0.2) is 9.37 Å². The first kappa shape index (κ1) is 21.2. The summed E-state index contributed by atoms with van der Waals surface area (Å²) in [7, 11) is 0. The minimum Gasteiger partial charge on any atom is -0.301 e. The van der Waals surface area contributed by atoms with Crippen LogP contribution in [0.4, 0.5) is 9.52 Å². The Morgan fingerprint density at radius 1 is 1.19 bits per heavy atom. The number of benzene rings is 2. The van der Waals surface area contributed by atoms with Gasteiger partial charge in [0.2, 0.25) is 5.91 Å². The summed E-state index contributed by atoms with van der Waals surface area (Å²) in [5.41, 5.74) is 3.94. The summed E-state index contributed by atoms with van der Waals surface area (Å²) in [5, 5.41) is 12.0. The van der Waals surface area contributed by atoms with E-state index in [4.69, 9.17) is 0 Å². The number of hydrogen-bond donors (Lipinski definition) is 1. The van der Waals surface area contributed by atoms with E-state index in [1.165, 1.54) is 40.3 Å². The van der Waals surface area contributed by atoms with Gasteiger partial charge in [-0.2, -0.15) is 0 Å². The van der Waals surface area contributed by atoms with E-state index in [9.17, 15) is 9.18 Å². The third-order valence-electron chi connectivity index (χ3n) is 4.74. The van der Waals surface area contributed by atoms with Crippen LogP contribution in [-0.4, -0.2) is 31.4 Å². The molecule has 1 N–H and O–H groups in total. The molecule has 0 aliphatic carbocycles. The molecule has 0 aliphatic rings. The maximum Gasteiger partial charge on any atom is 0.236 e. The van der Waals surface area contributed by atoms with E-state index in [0.29, 0.717) is 22.3 Å². The second kappa shape index (κ2) is 9.40. The number of thiazole rings is 1. The number of aryl methyl sites for hydroxylation is 2. The average molecular weight is 454 g/mol. The minimum absolute atomic E-state index is 0.172. The van der Waals surface area contributed by atoms with E-state index in [-0.39, 0.29) is 17.5 Å². The summed E-state index contributed by atoms with van der Waals surface area (Å²) >= 11 is 2.64. The van der Waals surface area contributed by atoms with Crippen LogP contribution in [0.2, 0.25) is 0 Å². The number of carbonyl (C=O) groups is 1. The maximum atomic E-state index is 13.8. The molecule has 0 saturated heterocycles. The highest BCUT2D eigenvalue weighted by molar-refractivity contribution is 7.99. The number of carbonyl (C=O) groups excluding carboxylic acids is 1. The molecule has 0 atom stereocenters. The van der Waals surface area contributed by atoms with E-state index in [1.54, 1.807) is 30.7 Å². The molecular weight excluding hydrogens is 433 g/mol. The number of amides is 1. The quantitative estimate of drug-likeness (QED) is 0.407. The Hall–Kier alpha value is -3.04. The molecule has 0 radical (unpaired) electrons. The number of rotatable bonds is 7. The van der Waals surface area contributed by atoms with E-state index in [1.807, 2.05) is 16.7 Å². The zero-order valence-electron chi connectivity index (χ0n) is 17.0. The van der Waals surface area contributed by atoms with Crippen LogP contribution in [0.25, 0.3) is 5.69 Å². The van der Waals surface area contributed by atoms with Crippen molar-refractivity contribution in [3.05, 3.63) is 82.4 Å². The molecule has 6 nitrogen and oxygen atoms in total. The predicted octanol–water partition coefficient (Wildman–Crippen LogP) is 4.80. The molecule has 158 valence electrons. The smallest absolute Gasteiger partial charge is 0.236 e. The Bertz CT molecular complexity index is 1220. The first-order valence-electron chi connectivity index (χ1n) is 9.58. The molecule has 2 heterocycles. The first-order chi connectivity index (χ1) is 15.0. The van der Waals surface area contributed by atoms with E-state index in [0.717, 1.165) is 10.6 Å². The lowest BCUT2D eigenvalue weighted by Gasteiger charge is -2.08. The number of nitrogens with zero attached hydrogens (tertiary/aromatic N) is 4. The number of aromatic nitrogens is 4. The monoisotopic (exact) mass is 453 g/mol. The highest BCUT2D eigenvalue weighted by Crippen LogP contribution is 2.24. The Morgan fingerprint density at radius 2 is 2.03 bits per heavy atom. The molecule has 0 saturated carbocycles. The topological polar surface area (TPSA) is 72.7 Å². The zero-order chi connectivity index (χ0) is 21.8. The molecule has 9 heteroatoms. The Labute approximate surface area is 187 Å². The van der Waals surface area contributed by atoms with Crippen LogP contribution in [0.1, 0.15) is 21.6 Å². The zero-order valence-corrected chi connectivity index (χ0v) is 18.6. The first-order valence-corrected chi connectivity index (χ1v) is 11.4. The molecule has 4 rings (SSSR count). The summed E-state index contributed by atoms with van der Waals surface area (Å²) in [6.07, 6.45) is 3.74. The van der Waals surface area contributed by atoms with Gasteiger partial charge in [0.25, 0.3) is 0 Å². The molecule has 0 unspecified atom stereocenters. The largest absolute Gasteiger partial charge is 0.301 e. The molecular formula is C22H20FN5OS2. The normalized spacial score (nSPS) is 10.9. The standard InChI is InChI=1S/C22H20FN5OS2/c1-14-7-8-17(9-15(14)2)28-13-25-27-22(28)30-12-20(29)26-21-24-11-18(31-21)10-16-5-3-4-6-19(16)23/h3-9,11,13H,10,12H2,1-2H3,(H,24,26,29).